The van der Waals surface area contributed by atoms with Gasteiger partial charge in [-0.1, -0.05) is 19.8 Å². The molecule has 120 valence electrons. The Morgan fingerprint density at radius 1 is 1.19 bits per heavy atom. The van der Waals surface area contributed by atoms with E-state index in [0.717, 1.165) is 32.5 Å². The van der Waals surface area contributed by atoms with E-state index in [1.807, 2.05) is 0 Å². The lowest BCUT2D eigenvalue weighted by Crippen LogP contribution is -2.56. The summed E-state index contributed by atoms with van der Waals surface area (Å²) >= 11 is 0. The molecule has 0 bridgehead atoms. The van der Waals surface area contributed by atoms with Crippen LogP contribution < -0.4 is 10.6 Å². The van der Waals surface area contributed by atoms with Crippen molar-refractivity contribution in [3.05, 3.63) is 0 Å². The molecule has 1 saturated heterocycles. The number of carbonyl (C=O) groups is 2. The Balaban J connectivity index is 1.72. The van der Waals surface area contributed by atoms with Gasteiger partial charge in [-0.3, -0.25) is 0 Å². The number of hydrogen-bond donors (Lipinski definition) is 3. The smallest absolute Gasteiger partial charge is 0.329 e. The molecule has 0 aromatic heterocycles. The second-order valence-corrected chi connectivity index (χ2v) is 6.54. The molecule has 1 saturated carbocycles. The van der Waals surface area contributed by atoms with Crippen LogP contribution in [-0.2, 0) is 4.79 Å². The Kier molecular flexibility index (Phi) is 5.45. The number of carbonyl (C=O) groups excluding carboxylic acids is 1. The molecular formula is C15H27N3O3. The molecule has 0 aromatic carbocycles. The molecule has 2 amide bonds. The fourth-order valence-electron chi connectivity index (χ4n) is 3.37. The SMILES string of the molecule is CC(CNC(=O)NC1(C(=O)O)CCCC1)CN1CCCC1. The maximum Gasteiger partial charge on any atom is 0.329 e. The fraction of sp³-hybridized carbons (Fsp3) is 0.867. The molecule has 6 heteroatoms. The van der Waals surface area contributed by atoms with Gasteiger partial charge in [-0.2, -0.15) is 0 Å². The van der Waals surface area contributed by atoms with Crippen LogP contribution in [0.25, 0.3) is 0 Å². The molecule has 1 aliphatic heterocycles. The molecule has 2 fully saturated rings. The molecule has 1 aliphatic carbocycles. The maximum absolute atomic E-state index is 12.0. The molecule has 2 rings (SSSR count). The molecule has 1 heterocycles. The van der Waals surface area contributed by atoms with Crippen LogP contribution in [0.15, 0.2) is 0 Å². The Bertz CT molecular complexity index is 374. The predicted octanol–water partition coefficient (Wildman–Crippen LogP) is 1.41. The van der Waals surface area contributed by atoms with E-state index in [4.69, 9.17) is 0 Å². The number of carboxylic acid groups (broad SMARTS) is 1. The van der Waals surface area contributed by atoms with Gasteiger partial charge in [0.1, 0.15) is 5.54 Å². The van der Waals surface area contributed by atoms with Gasteiger partial charge in [0.25, 0.3) is 0 Å². The summed E-state index contributed by atoms with van der Waals surface area (Å²) in [6, 6.07) is -0.354. The molecule has 1 unspecified atom stereocenters. The molecule has 0 radical (unpaired) electrons. The Hall–Kier alpha value is -1.30. The molecule has 21 heavy (non-hydrogen) atoms. The third-order valence-electron chi connectivity index (χ3n) is 4.60. The third kappa shape index (κ3) is 4.33. The van der Waals surface area contributed by atoms with Crippen LogP contribution in [0.2, 0.25) is 0 Å². The maximum atomic E-state index is 12.0. The summed E-state index contributed by atoms with van der Waals surface area (Å²) in [4.78, 5) is 25.7. The van der Waals surface area contributed by atoms with Gasteiger partial charge in [0, 0.05) is 13.1 Å². The van der Waals surface area contributed by atoms with Crippen molar-refractivity contribution in [1.29, 1.82) is 0 Å². The zero-order valence-corrected chi connectivity index (χ0v) is 12.9. The summed E-state index contributed by atoms with van der Waals surface area (Å²) in [6.45, 7) is 5.99. The van der Waals surface area contributed by atoms with Gasteiger partial charge in [-0.15, -0.1) is 0 Å². The van der Waals surface area contributed by atoms with Crippen LogP contribution in [0, 0.1) is 5.92 Å². The largest absolute Gasteiger partial charge is 0.480 e. The van der Waals surface area contributed by atoms with Crippen molar-refractivity contribution in [2.24, 2.45) is 5.92 Å². The quantitative estimate of drug-likeness (QED) is 0.692. The van der Waals surface area contributed by atoms with Crippen molar-refractivity contribution in [1.82, 2.24) is 15.5 Å². The number of hydrogen-bond acceptors (Lipinski definition) is 3. The fourth-order valence-corrected chi connectivity index (χ4v) is 3.37. The number of urea groups is 1. The van der Waals surface area contributed by atoms with Gasteiger partial charge in [-0.05, 0) is 44.7 Å². The molecule has 0 spiro atoms. The first kappa shape index (κ1) is 16.1. The molecule has 2 aliphatic rings. The highest BCUT2D eigenvalue weighted by atomic mass is 16.4. The second kappa shape index (κ2) is 7.11. The van der Waals surface area contributed by atoms with E-state index in [1.165, 1.54) is 12.8 Å². The highest BCUT2D eigenvalue weighted by Gasteiger charge is 2.42. The van der Waals surface area contributed by atoms with E-state index in [1.54, 1.807) is 0 Å². The van der Waals surface area contributed by atoms with E-state index in [2.05, 4.69) is 22.5 Å². The van der Waals surface area contributed by atoms with E-state index in [9.17, 15) is 14.7 Å². The van der Waals surface area contributed by atoms with E-state index < -0.39 is 11.5 Å². The van der Waals surface area contributed by atoms with Crippen molar-refractivity contribution in [2.45, 2.75) is 51.0 Å². The lowest BCUT2D eigenvalue weighted by Gasteiger charge is -2.26. The number of amides is 2. The summed E-state index contributed by atoms with van der Waals surface area (Å²) in [5.74, 6) is -0.543. The monoisotopic (exact) mass is 297 g/mol. The van der Waals surface area contributed by atoms with Crippen LogP contribution in [0.5, 0.6) is 0 Å². The predicted molar refractivity (Wildman–Crippen MR) is 80.2 cm³/mol. The summed E-state index contributed by atoms with van der Waals surface area (Å²) in [5, 5.41) is 14.8. The number of likely N-dealkylation sites (tertiary alicyclic amines) is 1. The summed E-state index contributed by atoms with van der Waals surface area (Å²) in [7, 11) is 0. The second-order valence-electron chi connectivity index (χ2n) is 6.54. The zero-order chi connectivity index (χ0) is 15.3. The first-order chi connectivity index (χ1) is 10.0. The van der Waals surface area contributed by atoms with Crippen LogP contribution in [0.3, 0.4) is 0 Å². The Morgan fingerprint density at radius 2 is 1.81 bits per heavy atom. The van der Waals surface area contributed by atoms with Crippen molar-refractivity contribution in [2.75, 3.05) is 26.2 Å². The zero-order valence-electron chi connectivity index (χ0n) is 12.9. The average Bonchev–Trinajstić information content (AvgIpc) is 3.08. The minimum absolute atomic E-state index is 0.354. The van der Waals surface area contributed by atoms with E-state index in [-0.39, 0.29) is 6.03 Å². The molecular weight excluding hydrogens is 270 g/mol. The Morgan fingerprint density at radius 3 is 2.38 bits per heavy atom. The molecule has 6 nitrogen and oxygen atoms in total. The number of aliphatic carboxylic acids is 1. The third-order valence-corrected chi connectivity index (χ3v) is 4.60. The minimum Gasteiger partial charge on any atom is -0.480 e. The summed E-state index contributed by atoms with van der Waals surface area (Å²) in [5.41, 5.74) is -1.05. The van der Waals surface area contributed by atoms with Crippen molar-refractivity contribution < 1.29 is 14.7 Å². The first-order valence-corrected chi connectivity index (χ1v) is 8.04. The van der Waals surface area contributed by atoms with Gasteiger partial charge < -0.3 is 20.6 Å². The van der Waals surface area contributed by atoms with Gasteiger partial charge in [0.2, 0.25) is 0 Å². The topological polar surface area (TPSA) is 81.7 Å². The van der Waals surface area contributed by atoms with Crippen molar-refractivity contribution in [3.8, 4) is 0 Å². The molecule has 3 N–H and O–H groups in total. The lowest BCUT2D eigenvalue weighted by molar-refractivity contribution is -0.144. The minimum atomic E-state index is -1.05. The molecule has 1 atom stereocenters. The summed E-state index contributed by atoms with van der Waals surface area (Å²) in [6.07, 6.45) is 5.30. The average molecular weight is 297 g/mol. The standard InChI is InChI=1S/C15H27N3O3/c1-12(11-18-8-4-5-9-18)10-16-14(21)17-15(13(19)20)6-2-3-7-15/h12H,2-11H2,1H3,(H,19,20)(H2,16,17,21). The van der Waals surface area contributed by atoms with Crippen LogP contribution in [0.4, 0.5) is 4.79 Å². The highest BCUT2D eigenvalue weighted by Crippen LogP contribution is 2.29. The van der Waals surface area contributed by atoms with Gasteiger partial charge in [0.15, 0.2) is 0 Å². The van der Waals surface area contributed by atoms with Crippen molar-refractivity contribution in [3.63, 3.8) is 0 Å². The number of nitrogens with one attached hydrogen (secondary N) is 2. The highest BCUT2D eigenvalue weighted by molar-refractivity contribution is 5.86. The van der Waals surface area contributed by atoms with Crippen LogP contribution in [0.1, 0.15) is 45.4 Å². The van der Waals surface area contributed by atoms with Crippen LogP contribution in [-0.4, -0.2) is 53.7 Å². The van der Waals surface area contributed by atoms with E-state index >= 15 is 0 Å². The van der Waals surface area contributed by atoms with Gasteiger partial charge >= 0.3 is 12.0 Å². The number of nitrogens with zero attached hydrogens (tertiary/aromatic N) is 1. The molecule has 0 aromatic rings. The van der Waals surface area contributed by atoms with Gasteiger partial charge in [0.05, 0.1) is 0 Å². The Labute approximate surface area is 126 Å². The summed E-state index contributed by atoms with van der Waals surface area (Å²) < 4.78 is 0. The van der Waals surface area contributed by atoms with Crippen LogP contribution >= 0.6 is 0 Å². The number of rotatable bonds is 6. The number of carboxylic acids is 1. The van der Waals surface area contributed by atoms with Crippen molar-refractivity contribution >= 4 is 12.0 Å². The van der Waals surface area contributed by atoms with E-state index in [0.29, 0.717) is 25.3 Å². The van der Waals surface area contributed by atoms with Gasteiger partial charge in [-0.25, -0.2) is 9.59 Å². The normalized spacial score (nSPS) is 22.9. The lowest BCUT2D eigenvalue weighted by atomic mass is 9.98. The first-order valence-electron chi connectivity index (χ1n) is 8.04.